The molecular weight excluding hydrogens is 707 g/mol. The fraction of sp³-hybridized carbons (Fsp3) is 0.323. The zero-order valence-corrected chi connectivity index (χ0v) is 28.2. The Morgan fingerprint density at radius 1 is 1.02 bits per heavy atom. The van der Waals surface area contributed by atoms with Crippen LogP contribution in [0.5, 0.6) is 5.95 Å². The number of benzene rings is 3. The van der Waals surface area contributed by atoms with Gasteiger partial charge in [-0.05, 0) is 91.7 Å². The molecule has 0 saturated heterocycles. The molecule has 0 amide bonds. The highest BCUT2D eigenvalue weighted by Gasteiger charge is 2.29. The number of fused-ring (bicyclic) bond motifs is 1. The van der Waals surface area contributed by atoms with Crippen LogP contribution in [0.2, 0.25) is 5.02 Å². The maximum atomic E-state index is 12.8. The Balaban J connectivity index is 0.000000238. The molecule has 9 nitrogen and oxygen atoms in total. The van der Waals surface area contributed by atoms with Gasteiger partial charge in [0.05, 0.1) is 27.4 Å². The minimum absolute atomic E-state index is 0.0116. The van der Waals surface area contributed by atoms with Crippen LogP contribution in [0.25, 0.3) is 11.0 Å². The predicted molar refractivity (Wildman–Crippen MR) is 179 cm³/mol. The molecule has 0 saturated carbocycles. The Bertz CT molecular complexity index is 1740. The van der Waals surface area contributed by atoms with Gasteiger partial charge in [-0.1, -0.05) is 56.0 Å². The molecule has 0 bridgehead atoms. The lowest BCUT2D eigenvalue weighted by atomic mass is 10.1. The van der Waals surface area contributed by atoms with Gasteiger partial charge in [-0.2, -0.15) is 0 Å². The molecule has 0 radical (unpaired) electrons. The Hall–Kier alpha value is -3.16. The van der Waals surface area contributed by atoms with Crippen molar-refractivity contribution in [3.63, 3.8) is 0 Å². The van der Waals surface area contributed by atoms with Gasteiger partial charge in [0.1, 0.15) is 11.3 Å². The summed E-state index contributed by atoms with van der Waals surface area (Å²) in [4.78, 5) is 23.2. The quantitative estimate of drug-likeness (QED) is 0.0657. The largest absolute Gasteiger partial charge is 0.465 e. The normalized spacial score (nSPS) is 11.1. The second-order valence-electron chi connectivity index (χ2n) is 9.66. The number of nitrogens with zero attached hydrogens (tertiary/aromatic N) is 2. The SMILES string of the molecule is CCCCOc1oc2ccc(I)cc2c(=O)c1CCC.CCN(c1ccc(Cl)cc1[N+](=O)[O-])S(=O)(=O)c1ccc(C)cc1. The Morgan fingerprint density at radius 3 is 2.33 bits per heavy atom. The van der Waals surface area contributed by atoms with Gasteiger partial charge in [0.15, 0.2) is 5.43 Å². The van der Waals surface area contributed by atoms with E-state index in [0.717, 1.165) is 38.8 Å². The van der Waals surface area contributed by atoms with Gasteiger partial charge in [-0.15, -0.1) is 0 Å². The summed E-state index contributed by atoms with van der Waals surface area (Å²) in [6.07, 6.45) is 3.59. The number of nitro groups is 1. The average molecular weight is 741 g/mol. The molecule has 43 heavy (non-hydrogen) atoms. The molecule has 0 aliphatic rings. The van der Waals surface area contributed by atoms with E-state index in [1.807, 2.05) is 32.0 Å². The summed E-state index contributed by atoms with van der Waals surface area (Å²) in [7, 11) is -3.90. The first-order valence-electron chi connectivity index (χ1n) is 13.9. The highest BCUT2D eigenvalue weighted by Crippen LogP contribution is 2.34. The molecule has 3 aromatic carbocycles. The zero-order valence-electron chi connectivity index (χ0n) is 24.4. The third-order valence-electron chi connectivity index (χ3n) is 6.44. The van der Waals surface area contributed by atoms with Gasteiger partial charge in [-0.25, -0.2) is 8.42 Å². The molecular formula is C31H34ClIN2O7S. The molecule has 1 heterocycles. The molecule has 230 valence electrons. The smallest absolute Gasteiger partial charge is 0.295 e. The molecule has 4 aromatic rings. The minimum atomic E-state index is -3.90. The van der Waals surface area contributed by atoms with Crippen molar-refractivity contribution < 1.29 is 22.5 Å². The van der Waals surface area contributed by atoms with E-state index in [2.05, 4.69) is 29.5 Å². The van der Waals surface area contributed by atoms with Crippen LogP contribution in [-0.2, 0) is 16.4 Å². The Labute approximate surface area is 270 Å². The van der Waals surface area contributed by atoms with Crippen molar-refractivity contribution in [3.05, 3.63) is 101 Å². The Morgan fingerprint density at radius 2 is 1.72 bits per heavy atom. The topological polar surface area (TPSA) is 120 Å². The van der Waals surface area contributed by atoms with Gasteiger partial charge in [0.2, 0.25) is 0 Å². The lowest BCUT2D eigenvalue weighted by molar-refractivity contribution is -0.384. The summed E-state index contributed by atoms with van der Waals surface area (Å²) in [6.45, 7) is 8.26. The summed E-state index contributed by atoms with van der Waals surface area (Å²) >= 11 is 7.99. The first-order valence-corrected chi connectivity index (χ1v) is 16.8. The number of ether oxygens (including phenoxy) is 1. The first kappa shape index (κ1) is 34.3. The number of nitro benzene ring substituents is 1. The third-order valence-corrected chi connectivity index (χ3v) is 9.25. The molecule has 0 unspecified atom stereocenters. The van der Waals surface area contributed by atoms with Crippen LogP contribution in [0.4, 0.5) is 11.4 Å². The van der Waals surface area contributed by atoms with Crippen molar-refractivity contribution in [1.82, 2.24) is 0 Å². The van der Waals surface area contributed by atoms with Gasteiger partial charge < -0.3 is 9.15 Å². The van der Waals surface area contributed by atoms with Gasteiger partial charge >= 0.3 is 0 Å². The number of hydrogen-bond acceptors (Lipinski definition) is 7. The molecule has 4 rings (SSSR count). The van der Waals surface area contributed by atoms with Crippen LogP contribution in [0.15, 0.2) is 74.8 Å². The summed E-state index contributed by atoms with van der Waals surface area (Å²) < 4.78 is 39.1. The van der Waals surface area contributed by atoms with E-state index in [0.29, 0.717) is 35.5 Å². The van der Waals surface area contributed by atoms with Crippen molar-refractivity contribution in [2.24, 2.45) is 0 Å². The molecule has 0 N–H and O–H groups in total. The third kappa shape index (κ3) is 8.48. The van der Waals surface area contributed by atoms with Gasteiger partial charge in [0.25, 0.3) is 21.7 Å². The van der Waals surface area contributed by atoms with Gasteiger partial charge in [-0.3, -0.25) is 19.2 Å². The molecule has 0 aliphatic heterocycles. The van der Waals surface area contributed by atoms with Crippen LogP contribution in [0.3, 0.4) is 0 Å². The lowest BCUT2D eigenvalue weighted by Crippen LogP contribution is -2.31. The van der Waals surface area contributed by atoms with Crippen molar-refractivity contribution in [1.29, 1.82) is 0 Å². The molecule has 0 spiro atoms. The molecule has 0 aliphatic carbocycles. The monoisotopic (exact) mass is 740 g/mol. The predicted octanol–water partition coefficient (Wildman–Crippen LogP) is 8.30. The van der Waals surface area contributed by atoms with Crippen LogP contribution < -0.4 is 14.5 Å². The highest BCUT2D eigenvalue weighted by atomic mass is 127. The number of anilines is 1. The summed E-state index contributed by atoms with van der Waals surface area (Å²) in [5.41, 5.74) is 1.86. The van der Waals surface area contributed by atoms with Crippen LogP contribution in [0.1, 0.15) is 51.2 Å². The van der Waals surface area contributed by atoms with Gasteiger partial charge in [0, 0.05) is 21.2 Å². The minimum Gasteiger partial charge on any atom is -0.465 e. The van der Waals surface area contributed by atoms with E-state index in [1.165, 1.54) is 24.3 Å². The number of sulfonamides is 1. The first-order chi connectivity index (χ1) is 20.4. The molecule has 12 heteroatoms. The van der Waals surface area contributed by atoms with E-state index >= 15 is 0 Å². The fourth-order valence-electron chi connectivity index (χ4n) is 4.24. The van der Waals surface area contributed by atoms with Crippen LogP contribution >= 0.6 is 34.2 Å². The summed E-state index contributed by atoms with van der Waals surface area (Å²) in [5, 5.41) is 12.0. The number of halogens is 2. The van der Waals surface area contributed by atoms with E-state index in [9.17, 15) is 23.3 Å². The lowest BCUT2D eigenvalue weighted by Gasteiger charge is -2.22. The number of hydrogen-bond donors (Lipinski definition) is 0. The zero-order chi connectivity index (χ0) is 31.7. The molecule has 0 atom stereocenters. The second-order valence-corrected chi connectivity index (χ2v) is 13.2. The molecule has 0 fully saturated rings. The van der Waals surface area contributed by atoms with E-state index in [1.54, 1.807) is 19.1 Å². The standard InChI is InChI=1S/C16H19IO3.C15H15ClN2O4S/c1-3-5-9-19-16-12(6-4-2)15(18)13-10-11(17)7-8-14(13)20-16;1-3-17(14-9-6-12(16)10-15(14)18(19)20)23(21,22)13-7-4-11(2)5-8-13/h7-8,10H,3-6,9H2,1-2H3;4-10H,3H2,1-2H3. The summed E-state index contributed by atoms with van der Waals surface area (Å²) in [5.74, 6) is 0.402. The van der Waals surface area contributed by atoms with Crippen molar-refractivity contribution in [3.8, 4) is 5.95 Å². The average Bonchev–Trinajstić information content (AvgIpc) is 2.97. The Kier molecular flexibility index (Phi) is 12.4. The maximum absolute atomic E-state index is 12.8. The summed E-state index contributed by atoms with van der Waals surface area (Å²) in [6, 6.07) is 15.9. The van der Waals surface area contributed by atoms with Crippen LogP contribution in [0, 0.1) is 20.6 Å². The van der Waals surface area contributed by atoms with E-state index < -0.39 is 14.9 Å². The van der Waals surface area contributed by atoms with Crippen molar-refractivity contribution >= 4 is 66.6 Å². The number of rotatable bonds is 11. The maximum Gasteiger partial charge on any atom is 0.295 e. The van der Waals surface area contributed by atoms with Crippen LogP contribution in [-0.4, -0.2) is 26.5 Å². The highest BCUT2D eigenvalue weighted by molar-refractivity contribution is 14.1. The molecule has 1 aromatic heterocycles. The van der Waals surface area contributed by atoms with Crippen molar-refractivity contribution in [2.75, 3.05) is 17.5 Å². The van der Waals surface area contributed by atoms with E-state index in [-0.39, 0.29) is 33.3 Å². The van der Waals surface area contributed by atoms with E-state index in [4.69, 9.17) is 20.8 Å². The number of aryl methyl sites for hydroxylation is 1. The second kappa shape index (κ2) is 15.5. The van der Waals surface area contributed by atoms with Crippen molar-refractivity contribution in [2.45, 2.75) is 58.3 Å². The number of unbranched alkanes of at least 4 members (excludes halogenated alkanes) is 1. The fourth-order valence-corrected chi connectivity index (χ4v) is 6.38.